The van der Waals surface area contributed by atoms with Crippen LogP contribution in [0.25, 0.3) is 0 Å². The molecule has 0 heterocycles. The average Bonchev–Trinajstić information content (AvgIpc) is 3.40. The number of esters is 2. The Hall–Kier alpha value is -4.83. The number of carboxylic acids is 1. The van der Waals surface area contributed by atoms with Gasteiger partial charge in [-0.15, -0.1) is 0 Å². The number of likely N-dealkylation sites (N-methyl/N-ethyl adjacent to an activating group) is 1. The Bertz CT molecular complexity index is 1770. The van der Waals surface area contributed by atoms with Gasteiger partial charge in [-0.05, 0) is 116 Å². The van der Waals surface area contributed by atoms with Crippen molar-refractivity contribution in [2.45, 2.75) is 219 Å². The van der Waals surface area contributed by atoms with E-state index in [1.807, 2.05) is 21.1 Å². The van der Waals surface area contributed by atoms with Gasteiger partial charge in [-0.3, -0.25) is 9.59 Å². The summed E-state index contributed by atoms with van der Waals surface area (Å²) >= 11 is 0. The number of allylic oxidation sites excluding steroid dienone is 24. The Morgan fingerprint density at radius 1 is 0.390 bits per heavy atom. The molecule has 2 atom stereocenters. The first kappa shape index (κ1) is 72.2. The second-order valence-corrected chi connectivity index (χ2v) is 20.5. The summed E-state index contributed by atoms with van der Waals surface area (Å²) in [5, 5.41) is 11.8. The van der Waals surface area contributed by atoms with Crippen molar-refractivity contribution in [3.8, 4) is 0 Å². The van der Waals surface area contributed by atoms with Gasteiger partial charge >= 0.3 is 11.9 Å². The standard InChI is InChI=1S/C68H109NO8/c1-6-8-10-12-14-16-18-20-22-24-26-27-28-29-30-31-32-33-34-35-36-37-38-39-41-43-45-47-49-51-53-55-57-59-66(71)77-64(63-76-68(67(72)73)74-61-60-69(3,4)5)62-75-65(70)58-56-54-52-50-48-46-44-42-40-25-23-21-19-17-15-13-11-9-7-2/h8-11,14-17,20-23,26-27,29-30,32-33,35-36,38-40,42,64,68H,6-7,12-13,18-19,24-25,28,31,34,37,41,43-63H2,1-5H3/b10-8-,11-9-,16-14-,17-15-,22-20-,23-21-,27-26-,30-29-,33-32-,36-35-,39-38-,42-40-. The highest BCUT2D eigenvalue weighted by molar-refractivity contribution is 5.70. The van der Waals surface area contributed by atoms with Gasteiger partial charge in [0.25, 0.3) is 0 Å². The third-order valence-electron chi connectivity index (χ3n) is 12.1. The predicted octanol–water partition coefficient (Wildman–Crippen LogP) is 16.7. The number of unbranched alkanes of at least 4 members (excludes halogenated alkanes) is 14. The highest BCUT2D eigenvalue weighted by atomic mass is 16.7. The van der Waals surface area contributed by atoms with Crippen LogP contribution < -0.4 is 5.11 Å². The number of aliphatic carboxylic acids is 1. The van der Waals surface area contributed by atoms with Crippen LogP contribution in [0.2, 0.25) is 0 Å². The summed E-state index contributed by atoms with van der Waals surface area (Å²) in [6.07, 6.45) is 80.3. The Labute approximate surface area is 471 Å². The van der Waals surface area contributed by atoms with Crippen molar-refractivity contribution >= 4 is 17.9 Å². The molecule has 0 fully saturated rings. The molecule has 0 aromatic carbocycles. The summed E-state index contributed by atoms with van der Waals surface area (Å²) in [6, 6.07) is 0. The van der Waals surface area contributed by atoms with E-state index in [-0.39, 0.29) is 38.6 Å². The first-order chi connectivity index (χ1) is 37.6. The smallest absolute Gasteiger partial charge is 0.306 e. The van der Waals surface area contributed by atoms with Crippen LogP contribution in [-0.2, 0) is 33.3 Å². The monoisotopic (exact) mass is 1070 g/mol. The van der Waals surface area contributed by atoms with E-state index in [1.165, 1.54) is 25.7 Å². The summed E-state index contributed by atoms with van der Waals surface area (Å²) < 4.78 is 22.7. The fourth-order valence-electron chi connectivity index (χ4n) is 7.54. The molecule has 0 saturated carbocycles. The van der Waals surface area contributed by atoms with E-state index in [0.717, 1.165) is 141 Å². The summed E-state index contributed by atoms with van der Waals surface area (Å²) in [7, 11) is 5.90. The first-order valence-electron chi connectivity index (χ1n) is 30.0. The second kappa shape index (κ2) is 57.3. The maximum absolute atomic E-state index is 12.9. The molecule has 0 radical (unpaired) electrons. The highest BCUT2D eigenvalue weighted by Gasteiger charge is 2.22. The highest BCUT2D eigenvalue weighted by Crippen LogP contribution is 2.14. The fraction of sp³-hybridized carbons (Fsp3) is 0.603. The maximum atomic E-state index is 12.9. The van der Waals surface area contributed by atoms with Gasteiger partial charge in [-0.25, -0.2) is 0 Å². The molecule has 77 heavy (non-hydrogen) atoms. The van der Waals surface area contributed by atoms with Crippen molar-refractivity contribution < 1.29 is 42.9 Å². The van der Waals surface area contributed by atoms with E-state index in [4.69, 9.17) is 18.9 Å². The molecule has 0 aromatic heterocycles. The van der Waals surface area contributed by atoms with E-state index >= 15 is 0 Å². The Kier molecular flexibility index (Phi) is 53.8. The molecule has 9 heteroatoms. The molecule has 0 aromatic rings. The number of nitrogens with zero attached hydrogens (tertiary/aromatic N) is 1. The van der Waals surface area contributed by atoms with Crippen LogP contribution in [0.1, 0.15) is 206 Å². The van der Waals surface area contributed by atoms with Crippen LogP contribution in [-0.4, -0.2) is 82.3 Å². The van der Waals surface area contributed by atoms with Gasteiger partial charge in [0.05, 0.1) is 40.3 Å². The molecule has 0 rings (SSSR count). The zero-order chi connectivity index (χ0) is 56.2. The van der Waals surface area contributed by atoms with E-state index < -0.39 is 24.3 Å². The van der Waals surface area contributed by atoms with E-state index in [0.29, 0.717) is 23.9 Å². The molecule has 9 nitrogen and oxygen atoms in total. The summed E-state index contributed by atoms with van der Waals surface area (Å²) in [6.45, 7) is 4.47. The van der Waals surface area contributed by atoms with Crippen molar-refractivity contribution in [1.29, 1.82) is 0 Å². The molecule has 0 spiro atoms. The van der Waals surface area contributed by atoms with Crippen LogP contribution in [0, 0.1) is 0 Å². The molecule has 0 N–H and O–H groups in total. The zero-order valence-electron chi connectivity index (χ0n) is 49.3. The lowest BCUT2D eigenvalue weighted by Gasteiger charge is -2.26. The molecule has 0 aliphatic carbocycles. The van der Waals surface area contributed by atoms with Crippen molar-refractivity contribution in [3.63, 3.8) is 0 Å². The molecule has 0 amide bonds. The summed E-state index contributed by atoms with van der Waals surface area (Å²) in [4.78, 5) is 37.3. The van der Waals surface area contributed by atoms with Crippen molar-refractivity contribution in [3.05, 3.63) is 146 Å². The third kappa shape index (κ3) is 58.7. The minimum atomic E-state index is -1.64. The number of rotatable bonds is 53. The van der Waals surface area contributed by atoms with Gasteiger partial charge in [-0.2, -0.15) is 0 Å². The molecule has 0 bridgehead atoms. The summed E-state index contributed by atoms with van der Waals surface area (Å²) in [5.41, 5.74) is 0. The van der Waals surface area contributed by atoms with E-state index in [9.17, 15) is 19.5 Å². The SMILES string of the molecule is CC/C=C\C/C=C\C/C=C\C/C=C\C/C=C\C/C=C\C/C=C\C/C=C\CCCCCCCCCCC(=O)OC(COC(=O)CCCCCCCC/C=C\C/C=C\C/C=C\C/C=C\CC)COC(OCC[N+](C)(C)C)C(=O)[O-]. The van der Waals surface area contributed by atoms with Crippen molar-refractivity contribution in [2.24, 2.45) is 0 Å². The van der Waals surface area contributed by atoms with Crippen LogP contribution in [0.5, 0.6) is 0 Å². The number of quaternary nitrogens is 1. The number of hydrogen-bond donors (Lipinski definition) is 0. The molecule has 0 aliphatic rings. The topological polar surface area (TPSA) is 111 Å². The zero-order valence-corrected chi connectivity index (χ0v) is 49.3. The lowest BCUT2D eigenvalue weighted by Crippen LogP contribution is -2.44. The van der Waals surface area contributed by atoms with E-state index in [2.05, 4.69) is 160 Å². The van der Waals surface area contributed by atoms with E-state index in [1.54, 1.807) is 0 Å². The van der Waals surface area contributed by atoms with Crippen LogP contribution >= 0.6 is 0 Å². The van der Waals surface area contributed by atoms with Crippen molar-refractivity contribution in [2.75, 3.05) is 47.5 Å². The molecule has 2 unspecified atom stereocenters. The minimum Gasteiger partial charge on any atom is -0.545 e. The number of ether oxygens (including phenoxy) is 4. The maximum Gasteiger partial charge on any atom is 0.306 e. The minimum absolute atomic E-state index is 0.135. The average molecular weight is 1070 g/mol. The molecule has 434 valence electrons. The Morgan fingerprint density at radius 2 is 0.701 bits per heavy atom. The second-order valence-electron chi connectivity index (χ2n) is 20.5. The normalized spacial score (nSPS) is 13.8. The quantitative estimate of drug-likeness (QED) is 0.0195. The van der Waals surface area contributed by atoms with Crippen molar-refractivity contribution in [1.82, 2.24) is 0 Å². The molecular weight excluding hydrogens is 959 g/mol. The number of hydrogen-bond acceptors (Lipinski definition) is 8. The number of carboxylic acid groups (broad SMARTS) is 1. The van der Waals surface area contributed by atoms with Gasteiger partial charge in [0.2, 0.25) is 0 Å². The van der Waals surface area contributed by atoms with Gasteiger partial charge in [-0.1, -0.05) is 224 Å². The van der Waals surface area contributed by atoms with Crippen LogP contribution in [0.4, 0.5) is 0 Å². The molecular formula is C68H109NO8. The largest absolute Gasteiger partial charge is 0.545 e. The van der Waals surface area contributed by atoms with Gasteiger partial charge in [0, 0.05) is 12.8 Å². The number of carbonyl (C=O) groups is 3. The predicted molar refractivity (Wildman–Crippen MR) is 324 cm³/mol. The Morgan fingerprint density at radius 3 is 1.04 bits per heavy atom. The van der Waals surface area contributed by atoms with Crippen LogP contribution in [0.3, 0.4) is 0 Å². The van der Waals surface area contributed by atoms with Gasteiger partial charge in [0.1, 0.15) is 13.2 Å². The third-order valence-corrected chi connectivity index (χ3v) is 12.1. The van der Waals surface area contributed by atoms with Gasteiger partial charge in [0.15, 0.2) is 12.4 Å². The molecule has 0 aliphatic heterocycles. The van der Waals surface area contributed by atoms with Crippen LogP contribution in [0.15, 0.2) is 146 Å². The first-order valence-corrected chi connectivity index (χ1v) is 30.0. The summed E-state index contributed by atoms with van der Waals surface area (Å²) in [5.74, 6) is -2.33. The Balaban J connectivity index is 4.29. The number of carbonyl (C=O) groups excluding carboxylic acids is 3. The molecule has 0 saturated heterocycles. The van der Waals surface area contributed by atoms with Gasteiger partial charge < -0.3 is 33.3 Å². The fourth-order valence-corrected chi connectivity index (χ4v) is 7.54. The lowest BCUT2D eigenvalue weighted by molar-refractivity contribution is -0.870. The lowest BCUT2D eigenvalue weighted by atomic mass is 10.1.